The Morgan fingerprint density at radius 2 is 2.67 bits per heavy atom. The van der Waals surface area contributed by atoms with Crippen molar-refractivity contribution in [3.8, 4) is 0 Å². The van der Waals surface area contributed by atoms with Gasteiger partial charge in [0, 0.05) is 0 Å². The summed E-state index contributed by atoms with van der Waals surface area (Å²) in [4.78, 5) is 3.94. The molecule has 0 saturated heterocycles. The van der Waals surface area contributed by atoms with Crippen LogP contribution in [0.25, 0.3) is 0 Å². The Balaban J connectivity index is 3.05. The van der Waals surface area contributed by atoms with Crippen molar-refractivity contribution in [3.63, 3.8) is 0 Å². The first-order valence-electron chi connectivity index (χ1n) is 1.74. The van der Waals surface area contributed by atoms with E-state index >= 15 is 0 Å². The van der Waals surface area contributed by atoms with Gasteiger partial charge in [0.05, 0.1) is 0 Å². The molecule has 0 aromatic carbocycles. The molecule has 0 saturated carbocycles. The van der Waals surface area contributed by atoms with Crippen molar-refractivity contribution in [2.24, 2.45) is 0 Å². The van der Waals surface area contributed by atoms with Gasteiger partial charge in [-0.3, -0.25) is 0 Å². The molecule has 0 spiro atoms. The Morgan fingerprint density at radius 3 is 2.83 bits per heavy atom. The molecule has 0 atom stereocenters. The van der Waals surface area contributed by atoms with Crippen LogP contribution in [-0.2, 0) is 0 Å². The van der Waals surface area contributed by atoms with Gasteiger partial charge >= 0.3 is 46.3 Å². The third-order valence-corrected chi connectivity index (χ3v) is 2.57. The van der Waals surface area contributed by atoms with Crippen LogP contribution in [0.1, 0.15) is 3.58 Å². The van der Waals surface area contributed by atoms with Crippen LogP contribution in [0.5, 0.6) is 0 Å². The van der Waals surface area contributed by atoms with E-state index < -0.39 is 0 Å². The van der Waals surface area contributed by atoms with Gasteiger partial charge in [0.15, 0.2) is 0 Å². The third kappa shape index (κ3) is 0.829. The van der Waals surface area contributed by atoms with Crippen LogP contribution in [-0.4, -0.2) is 25.4 Å². The van der Waals surface area contributed by atoms with Gasteiger partial charge < -0.3 is 0 Å². The summed E-state index contributed by atoms with van der Waals surface area (Å²) < 4.78 is 3.53. The van der Waals surface area contributed by atoms with Gasteiger partial charge in [0.2, 0.25) is 0 Å². The molecule has 1 heterocycles. The topological polar surface area (TPSA) is 12.9 Å². The van der Waals surface area contributed by atoms with E-state index in [0.29, 0.717) is 0 Å². The standard InChI is InChI=1S/C4H5NTe/c1-4-2-5-3-6-4/h2-3H,1H3. The van der Waals surface area contributed by atoms with E-state index in [9.17, 15) is 0 Å². The molecule has 0 bridgehead atoms. The summed E-state index contributed by atoms with van der Waals surface area (Å²) in [6.07, 6.45) is 1.95. The minimum absolute atomic E-state index is 0.102. The SMILES string of the molecule is Cc1cnc[te]1. The van der Waals surface area contributed by atoms with Gasteiger partial charge in [-0.05, 0) is 0 Å². The van der Waals surface area contributed by atoms with E-state index in [1.165, 1.54) is 3.58 Å². The number of aryl methyl sites for hydroxylation is 1. The van der Waals surface area contributed by atoms with Gasteiger partial charge in [0.1, 0.15) is 0 Å². The fourth-order valence-corrected chi connectivity index (χ4v) is 1.45. The molecule has 2 heteroatoms. The van der Waals surface area contributed by atoms with Crippen LogP contribution in [0, 0.1) is 6.92 Å². The summed E-state index contributed by atoms with van der Waals surface area (Å²) in [5.74, 6) is 0. The van der Waals surface area contributed by atoms with Crippen molar-refractivity contribution in [1.82, 2.24) is 4.98 Å². The number of aromatic nitrogens is 1. The predicted octanol–water partition coefficient (Wildman–Crippen LogP) is 0.447. The maximum absolute atomic E-state index is 3.94. The number of nitrogens with zero attached hydrogens (tertiary/aromatic N) is 1. The average Bonchev–Trinajstić information content (AvgIpc) is 1.86. The Labute approximate surface area is 46.6 Å². The van der Waals surface area contributed by atoms with Gasteiger partial charge in [-0.25, -0.2) is 0 Å². The normalized spacial score (nSPS) is 8.83. The van der Waals surface area contributed by atoms with E-state index in [1.807, 2.05) is 10.4 Å². The fourth-order valence-electron chi connectivity index (χ4n) is 0.279. The first-order valence-corrected chi connectivity index (χ1v) is 4.26. The molecule has 1 aromatic heterocycles. The van der Waals surface area contributed by atoms with Crippen LogP contribution < -0.4 is 0 Å². The number of rotatable bonds is 0. The first-order chi connectivity index (χ1) is 2.89. The van der Waals surface area contributed by atoms with E-state index in [0.717, 1.165) is 0 Å². The Morgan fingerprint density at radius 1 is 1.83 bits per heavy atom. The van der Waals surface area contributed by atoms with E-state index in [4.69, 9.17) is 0 Å². The van der Waals surface area contributed by atoms with E-state index in [1.54, 1.807) is 0 Å². The predicted molar refractivity (Wildman–Crippen MR) is 25.9 cm³/mol. The fraction of sp³-hybridized carbons (Fsp3) is 0.250. The Bertz CT molecular complexity index is 111. The number of hydrogen-bond acceptors (Lipinski definition) is 1. The minimum atomic E-state index is 0.102. The average molecular weight is 195 g/mol. The third-order valence-electron chi connectivity index (χ3n) is 0.556. The quantitative estimate of drug-likeness (QED) is 0.547. The maximum atomic E-state index is 3.94. The first kappa shape index (κ1) is 4.36. The zero-order valence-corrected chi connectivity index (χ0v) is 5.84. The molecule has 1 aromatic rings. The molecule has 0 N–H and O–H groups in total. The monoisotopic (exact) mass is 197 g/mol. The molecule has 0 aliphatic heterocycles. The Kier molecular flexibility index (Phi) is 1.29. The summed E-state index contributed by atoms with van der Waals surface area (Å²) in [6, 6.07) is 0. The molecule has 32 valence electrons. The van der Waals surface area contributed by atoms with Crippen LogP contribution in [0.4, 0.5) is 0 Å². The summed E-state index contributed by atoms with van der Waals surface area (Å²) >= 11 is 0.102. The Hall–Kier alpha value is 0.200. The molecule has 0 fully saturated rings. The van der Waals surface area contributed by atoms with Crippen LogP contribution in [0.15, 0.2) is 10.4 Å². The molecule has 1 rings (SSSR count). The zero-order valence-electron chi connectivity index (χ0n) is 3.51. The number of hydrogen-bond donors (Lipinski definition) is 0. The van der Waals surface area contributed by atoms with Gasteiger partial charge in [-0.15, -0.1) is 0 Å². The molecule has 0 unspecified atom stereocenters. The van der Waals surface area contributed by atoms with Crippen LogP contribution in [0.3, 0.4) is 0 Å². The van der Waals surface area contributed by atoms with Crippen LogP contribution >= 0.6 is 0 Å². The summed E-state index contributed by atoms with van der Waals surface area (Å²) in [6.45, 7) is 2.13. The summed E-state index contributed by atoms with van der Waals surface area (Å²) in [5.41, 5.74) is 0. The van der Waals surface area contributed by atoms with Crippen LogP contribution in [0.2, 0.25) is 0 Å². The molecule has 0 aliphatic carbocycles. The van der Waals surface area contributed by atoms with Gasteiger partial charge in [-0.1, -0.05) is 0 Å². The second-order valence-electron chi connectivity index (χ2n) is 1.11. The molecule has 6 heavy (non-hydrogen) atoms. The van der Waals surface area contributed by atoms with Crippen molar-refractivity contribution in [2.75, 3.05) is 0 Å². The van der Waals surface area contributed by atoms with Crippen molar-refractivity contribution in [2.45, 2.75) is 6.92 Å². The van der Waals surface area contributed by atoms with Gasteiger partial charge in [0.25, 0.3) is 0 Å². The molecule has 0 radical (unpaired) electrons. The summed E-state index contributed by atoms with van der Waals surface area (Å²) in [5, 5.41) is 0. The van der Waals surface area contributed by atoms with E-state index in [2.05, 4.69) is 11.9 Å². The second-order valence-corrected chi connectivity index (χ2v) is 4.22. The van der Waals surface area contributed by atoms with Gasteiger partial charge in [-0.2, -0.15) is 0 Å². The molecule has 1 nitrogen and oxygen atoms in total. The van der Waals surface area contributed by atoms with Crippen molar-refractivity contribution >= 4 is 20.4 Å². The summed E-state index contributed by atoms with van der Waals surface area (Å²) in [7, 11) is 0. The molecular formula is C4H5NTe. The molecular weight excluding hydrogens is 190 g/mol. The van der Waals surface area contributed by atoms with Crippen molar-refractivity contribution in [1.29, 1.82) is 0 Å². The molecule has 0 amide bonds. The van der Waals surface area contributed by atoms with E-state index in [-0.39, 0.29) is 20.4 Å². The van der Waals surface area contributed by atoms with Crippen molar-refractivity contribution in [3.05, 3.63) is 14.0 Å². The van der Waals surface area contributed by atoms with Crippen molar-refractivity contribution < 1.29 is 0 Å². The zero-order chi connectivity index (χ0) is 4.41. The molecule has 0 aliphatic rings. The second kappa shape index (κ2) is 1.77.